The zero-order valence-electron chi connectivity index (χ0n) is 20.4. The summed E-state index contributed by atoms with van der Waals surface area (Å²) in [7, 11) is 0. The van der Waals surface area contributed by atoms with Crippen molar-refractivity contribution in [3.63, 3.8) is 0 Å². The summed E-state index contributed by atoms with van der Waals surface area (Å²) in [4.78, 5) is 36.2. The minimum Gasteiger partial charge on any atom is -0.480 e. The lowest BCUT2D eigenvalue weighted by atomic mass is 9.99. The lowest BCUT2D eigenvalue weighted by Gasteiger charge is -2.37. The van der Waals surface area contributed by atoms with Crippen LogP contribution in [-0.4, -0.2) is 53.1 Å². The van der Waals surface area contributed by atoms with Crippen molar-refractivity contribution in [1.82, 2.24) is 10.2 Å². The number of rotatable bonds is 8. The molecule has 1 aliphatic rings. The quantitative estimate of drug-likeness (QED) is 0.442. The lowest BCUT2D eigenvalue weighted by Crippen LogP contribution is -2.60. The number of amides is 2. The molecule has 0 saturated carbocycles. The van der Waals surface area contributed by atoms with Gasteiger partial charge in [0.15, 0.2) is 0 Å². The van der Waals surface area contributed by atoms with Crippen molar-refractivity contribution in [3.05, 3.63) is 83.9 Å². The highest BCUT2D eigenvalue weighted by Gasteiger charge is 2.35. The van der Waals surface area contributed by atoms with Gasteiger partial charge in [-0.25, -0.2) is 9.59 Å². The molecule has 0 aliphatic carbocycles. The highest BCUT2D eigenvalue weighted by Crippen LogP contribution is 2.20. The number of carbonyl (C=O) groups excluding carboxylic acids is 2. The van der Waals surface area contributed by atoms with Crippen LogP contribution in [0.1, 0.15) is 30.9 Å². The van der Waals surface area contributed by atoms with Gasteiger partial charge < -0.3 is 25.8 Å². The molecule has 3 aromatic rings. The molecule has 8 nitrogen and oxygen atoms in total. The van der Waals surface area contributed by atoms with Gasteiger partial charge in [0.2, 0.25) is 5.91 Å². The van der Waals surface area contributed by atoms with Crippen molar-refractivity contribution in [2.75, 3.05) is 13.1 Å². The predicted molar refractivity (Wildman–Crippen MR) is 138 cm³/mol. The third kappa shape index (κ3) is 7.55. The number of carboxylic acids is 1. The van der Waals surface area contributed by atoms with Crippen molar-refractivity contribution in [2.45, 2.75) is 44.9 Å². The molecule has 8 heteroatoms. The number of nitrogens with zero attached hydrogens (tertiary/aromatic N) is 1. The molecule has 2 unspecified atom stereocenters. The Bertz CT molecular complexity index is 1170. The molecule has 190 valence electrons. The van der Waals surface area contributed by atoms with Crippen molar-refractivity contribution >= 4 is 28.7 Å². The van der Waals surface area contributed by atoms with Gasteiger partial charge in [-0.3, -0.25) is 4.79 Å². The van der Waals surface area contributed by atoms with Crippen molar-refractivity contribution in [2.24, 2.45) is 5.73 Å². The van der Waals surface area contributed by atoms with Gasteiger partial charge in [-0.05, 0) is 28.3 Å². The molecule has 1 fully saturated rings. The molecular formula is C28H33N3O5. The van der Waals surface area contributed by atoms with E-state index in [0.29, 0.717) is 19.5 Å². The summed E-state index contributed by atoms with van der Waals surface area (Å²) in [5.41, 5.74) is 6.65. The Hall–Kier alpha value is -3.91. The van der Waals surface area contributed by atoms with Gasteiger partial charge >= 0.3 is 12.1 Å². The molecular weight excluding hydrogens is 458 g/mol. The monoisotopic (exact) mass is 491 g/mol. The number of aliphatic carboxylic acids is 1. The number of benzene rings is 3. The molecule has 1 heterocycles. The van der Waals surface area contributed by atoms with Crippen LogP contribution in [0.15, 0.2) is 72.8 Å². The van der Waals surface area contributed by atoms with Crippen LogP contribution < -0.4 is 11.1 Å². The topological polar surface area (TPSA) is 122 Å². The minimum absolute atomic E-state index is 0.0960. The van der Waals surface area contributed by atoms with E-state index in [1.54, 1.807) is 0 Å². The van der Waals surface area contributed by atoms with Gasteiger partial charge in [-0.2, -0.15) is 0 Å². The van der Waals surface area contributed by atoms with Crippen LogP contribution in [0, 0.1) is 0 Å². The number of carbonyl (C=O) groups is 3. The third-order valence-corrected chi connectivity index (χ3v) is 6.03. The fourth-order valence-electron chi connectivity index (χ4n) is 4.23. The summed E-state index contributed by atoms with van der Waals surface area (Å²) in [6.45, 7) is 3.34. The Kier molecular flexibility index (Phi) is 9.82. The van der Waals surface area contributed by atoms with Gasteiger partial charge in [0.1, 0.15) is 12.6 Å². The SMILES string of the molecule is CCCC1NCCN(C(Cc2ccc3ccccc3c2)C(=O)O)C1=O.NC(=O)OCc1ccccc1. The molecule has 0 spiro atoms. The van der Waals surface area contributed by atoms with Crippen LogP contribution in [0.2, 0.25) is 0 Å². The molecule has 4 rings (SSSR count). The van der Waals surface area contributed by atoms with E-state index in [9.17, 15) is 19.5 Å². The first-order chi connectivity index (χ1) is 17.4. The second kappa shape index (κ2) is 13.3. The summed E-state index contributed by atoms with van der Waals surface area (Å²) in [6.07, 6.45) is 1.20. The van der Waals surface area contributed by atoms with Crippen molar-refractivity contribution in [1.29, 1.82) is 0 Å². The van der Waals surface area contributed by atoms with Crippen LogP contribution in [0.4, 0.5) is 4.79 Å². The first-order valence-corrected chi connectivity index (χ1v) is 12.1. The third-order valence-electron chi connectivity index (χ3n) is 6.03. The highest BCUT2D eigenvalue weighted by molar-refractivity contribution is 5.88. The standard InChI is InChI=1S/C20H24N2O3.C8H9NO2/c1-2-5-17-19(23)22(11-10-21-17)18(20(24)25)13-14-8-9-15-6-3-4-7-16(15)12-14;9-8(10)11-6-7-4-2-1-3-5-7/h3-4,6-9,12,17-18,21H,2,5,10-11,13H2,1H3,(H,24,25);1-5H,6H2,(H2,9,10). The molecule has 0 bridgehead atoms. The maximum absolute atomic E-state index is 12.7. The van der Waals surface area contributed by atoms with E-state index in [1.807, 2.05) is 79.7 Å². The smallest absolute Gasteiger partial charge is 0.404 e. The number of nitrogens with two attached hydrogens (primary N) is 1. The summed E-state index contributed by atoms with van der Waals surface area (Å²) in [6, 6.07) is 22.3. The maximum atomic E-state index is 12.7. The van der Waals surface area contributed by atoms with E-state index in [4.69, 9.17) is 5.73 Å². The molecule has 36 heavy (non-hydrogen) atoms. The summed E-state index contributed by atoms with van der Waals surface area (Å²) in [5.74, 6) is -1.04. The highest BCUT2D eigenvalue weighted by atomic mass is 16.5. The molecule has 3 aromatic carbocycles. The fraction of sp³-hybridized carbons (Fsp3) is 0.321. The normalized spacial score (nSPS) is 16.1. The van der Waals surface area contributed by atoms with Gasteiger partial charge in [-0.1, -0.05) is 86.1 Å². The minimum atomic E-state index is -0.946. The molecule has 0 radical (unpaired) electrons. The molecule has 0 aromatic heterocycles. The molecule has 1 saturated heterocycles. The van der Waals surface area contributed by atoms with E-state index in [-0.39, 0.29) is 18.6 Å². The lowest BCUT2D eigenvalue weighted by molar-refractivity contribution is -0.152. The van der Waals surface area contributed by atoms with Crippen molar-refractivity contribution < 1.29 is 24.2 Å². The average Bonchev–Trinajstić information content (AvgIpc) is 2.88. The fourth-order valence-corrected chi connectivity index (χ4v) is 4.23. The molecule has 2 atom stereocenters. The second-order valence-electron chi connectivity index (χ2n) is 8.66. The number of piperazine rings is 1. The zero-order chi connectivity index (χ0) is 25.9. The number of nitrogens with one attached hydrogen (secondary N) is 1. The Labute approximate surface area is 211 Å². The van der Waals surface area contributed by atoms with Gasteiger partial charge in [0, 0.05) is 19.5 Å². The van der Waals surface area contributed by atoms with Crippen LogP contribution in [-0.2, 0) is 27.4 Å². The molecule has 4 N–H and O–H groups in total. The Morgan fingerprint density at radius 2 is 1.75 bits per heavy atom. The van der Waals surface area contributed by atoms with Crippen LogP contribution in [0.25, 0.3) is 10.8 Å². The van der Waals surface area contributed by atoms with Crippen molar-refractivity contribution in [3.8, 4) is 0 Å². The van der Waals surface area contributed by atoms with Crippen LogP contribution in [0.5, 0.6) is 0 Å². The van der Waals surface area contributed by atoms with E-state index in [1.165, 1.54) is 4.90 Å². The van der Waals surface area contributed by atoms with Crippen LogP contribution in [0.3, 0.4) is 0 Å². The summed E-state index contributed by atoms with van der Waals surface area (Å²) >= 11 is 0. The van der Waals surface area contributed by atoms with Crippen LogP contribution >= 0.6 is 0 Å². The number of hydrogen-bond acceptors (Lipinski definition) is 5. The predicted octanol–water partition coefficient (Wildman–Crippen LogP) is 3.72. The Balaban J connectivity index is 0.000000275. The van der Waals surface area contributed by atoms with Gasteiger partial charge in [0.05, 0.1) is 6.04 Å². The average molecular weight is 492 g/mol. The Morgan fingerprint density at radius 1 is 1.06 bits per heavy atom. The number of carboxylic acid groups (broad SMARTS) is 1. The summed E-state index contributed by atoms with van der Waals surface area (Å²) < 4.78 is 4.57. The number of hydrogen-bond donors (Lipinski definition) is 3. The van der Waals surface area contributed by atoms with E-state index < -0.39 is 18.1 Å². The number of ether oxygens (including phenoxy) is 1. The first-order valence-electron chi connectivity index (χ1n) is 12.1. The second-order valence-corrected chi connectivity index (χ2v) is 8.66. The maximum Gasteiger partial charge on any atom is 0.404 e. The molecule has 1 aliphatic heterocycles. The largest absolute Gasteiger partial charge is 0.480 e. The van der Waals surface area contributed by atoms with E-state index in [2.05, 4.69) is 10.1 Å². The first kappa shape index (κ1) is 26.7. The summed E-state index contributed by atoms with van der Waals surface area (Å²) in [5, 5.41) is 15.1. The van der Waals surface area contributed by atoms with E-state index >= 15 is 0 Å². The van der Waals surface area contributed by atoms with Gasteiger partial charge in [-0.15, -0.1) is 0 Å². The Morgan fingerprint density at radius 3 is 2.42 bits per heavy atom. The number of fused-ring (bicyclic) bond motifs is 1. The molecule has 2 amide bonds. The van der Waals surface area contributed by atoms with Gasteiger partial charge in [0.25, 0.3) is 0 Å². The van der Waals surface area contributed by atoms with E-state index in [0.717, 1.165) is 34.7 Å². The zero-order valence-corrected chi connectivity index (χ0v) is 20.4. The number of primary amides is 1.